The van der Waals surface area contributed by atoms with E-state index in [0.29, 0.717) is 13.1 Å². The molecule has 4 amide bonds. The summed E-state index contributed by atoms with van der Waals surface area (Å²) in [6.07, 6.45) is 4.94. The van der Waals surface area contributed by atoms with Gasteiger partial charge in [-0.3, -0.25) is 9.59 Å². The molecule has 36 heavy (non-hydrogen) atoms. The lowest BCUT2D eigenvalue weighted by Gasteiger charge is -2.55. The van der Waals surface area contributed by atoms with E-state index in [0.717, 1.165) is 16.6 Å². The zero-order chi connectivity index (χ0) is 25.8. The monoisotopic (exact) mass is 485 g/mol. The fourth-order valence-electron chi connectivity index (χ4n) is 5.02. The molecular formula is C27H32BN5O3. The van der Waals surface area contributed by atoms with E-state index in [-0.39, 0.29) is 43.4 Å². The van der Waals surface area contributed by atoms with Gasteiger partial charge in [0.1, 0.15) is 20.1 Å². The minimum atomic E-state index is -0.668. The molecule has 2 aliphatic rings. The summed E-state index contributed by atoms with van der Waals surface area (Å²) in [5, 5.41) is 6.10. The first-order chi connectivity index (χ1) is 17.3. The van der Waals surface area contributed by atoms with E-state index in [9.17, 15) is 14.4 Å². The number of amides is 4. The third-order valence-electron chi connectivity index (χ3n) is 6.62. The molecule has 2 atom stereocenters. The number of fused-ring (bicyclic) bond motifs is 1. The van der Waals surface area contributed by atoms with Crippen LogP contribution in [0.1, 0.15) is 25.0 Å². The van der Waals surface area contributed by atoms with Gasteiger partial charge >= 0.3 is 6.03 Å². The molecule has 0 aromatic heterocycles. The van der Waals surface area contributed by atoms with Crippen molar-refractivity contribution in [2.24, 2.45) is 5.92 Å². The van der Waals surface area contributed by atoms with E-state index in [4.69, 9.17) is 6.42 Å². The Hall–Kier alpha value is -3.77. The summed E-state index contributed by atoms with van der Waals surface area (Å²) in [6.45, 7) is 4.83. The van der Waals surface area contributed by atoms with E-state index in [1.807, 2.05) is 76.3 Å². The van der Waals surface area contributed by atoms with Crippen LogP contribution in [0.25, 0.3) is 0 Å². The average Bonchev–Trinajstić information content (AvgIpc) is 2.84. The molecule has 0 unspecified atom stereocenters. The molecule has 8 nitrogen and oxygen atoms in total. The van der Waals surface area contributed by atoms with Crippen molar-refractivity contribution in [3.05, 3.63) is 65.7 Å². The Labute approximate surface area is 213 Å². The number of hydrogen-bond acceptors (Lipinski definition) is 4. The van der Waals surface area contributed by atoms with Crippen molar-refractivity contribution in [3.63, 3.8) is 0 Å². The highest BCUT2D eigenvalue weighted by Crippen LogP contribution is 2.30. The lowest BCUT2D eigenvalue weighted by atomic mass is 9.93. The molecule has 2 aliphatic heterocycles. The van der Waals surface area contributed by atoms with Crippen LogP contribution in [-0.2, 0) is 22.7 Å². The fourth-order valence-corrected chi connectivity index (χ4v) is 5.02. The van der Waals surface area contributed by atoms with E-state index in [2.05, 4.69) is 11.2 Å². The van der Waals surface area contributed by atoms with Crippen LogP contribution in [0.3, 0.4) is 0 Å². The molecule has 2 fully saturated rings. The van der Waals surface area contributed by atoms with Crippen LogP contribution in [0.4, 0.5) is 4.79 Å². The number of nitrogens with one attached hydrogen (secondary N) is 1. The van der Waals surface area contributed by atoms with Gasteiger partial charge in [-0.25, -0.2) is 9.80 Å². The second kappa shape index (κ2) is 10.9. The molecule has 2 aromatic carbocycles. The highest BCUT2D eigenvalue weighted by Gasteiger charge is 2.52. The normalized spacial score (nSPS) is 20.3. The van der Waals surface area contributed by atoms with Gasteiger partial charge in [-0.2, -0.15) is 5.01 Å². The van der Waals surface area contributed by atoms with Gasteiger partial charge in [-0.1, -0.05) is 79.8 Å². The third kappa shape index (κ3) is 5.24. The first-order valence-corrected chi connectivity index (χ1v) is 12.2. The first kappa shape index (κ1) is 25.3. The maximum Gasteiger partial charge on any atom is 0.334 e. The van der Waals surface area contributed by atoms with E-state index < -0.39 is 12.2 Å². The van der Waals surface area contributed by atoms with Crippen LogP contribution in [0.2, 0.25) is 0 Å². The number of benzene rings is 2. The predicted molar refractivity (Wildman–Crippen MR) is 140 cm³/mol. The quantitative estimate of drug-likeness (QED) is 0.479. The molecule has 0 radical (unpaired) electrons. The minimum Gasteiger partial charge on any atom is -0.333 e. The molecule has 9 heteroatoms. The van der Waals surface area contributed by atoms with Crippen LogP contribution in [0.5, 0.6) is 0 Å². The van der Waals surface area contributed by atoms with Crippen molar-refractivity contribution in [3.8, 4) is 12.3 Å². The second-order valence-corrected chi connectivity index (χ2v) is 9.69. The van der Waals surface area contributed by atoms with Crippen molar-refractivity contribution in [2.45, 2.75) is 39.1 Å². The van der Waals surface area contributed by atoms with Crippen molar-refractivity contribution in [2.75, 3.05) is 19.6 Å². The maximum atomic E-state index is 13.6. The van der Waals surface area contributed by atoms with E-state index in [1.165, 1.54) is 5.01 Å². The number of terminal acetylenes is 1. The molecule has 2 saturated heterocycles. The SMILES string of the molecule is Bc1cccc(CN2C[C@H]3N(C(=O)CN(CC#C)N3C(=O)NCc3ccccc3)[C@@H](C(C)C)C2=O)c1. The molecular weight excluding hydrogens is 453 g/mol. The molecule has 2 heterocycles. The number of nitrogens with zero attached hydrogens (tertiary/aromatic N) is 4. The fraction of sp³-hybridized carbons (Fsp3) is 0.370. The van der Waals surface area contributed by atoms with Crippen LogP contribution < -0.4 is 10.8 Å². The van der Waals surface area contributed by atoms with Gasteiger partial charge < -0.3 is 15.1 Å². The van der Waals surface area contributed by atoms with Gasteiger partial charge in [-0.05, 0) is 17.0 Å². The molecule has 4 rings (SSSR count). The number of urea groups is 1. The summed E-state index contributed by atoms with van der Waals surface area (Å²) in [5.41, 5.74) is 3.06. The molecule has 2 aromatic rings. The van der Waals surface area contributed by atoms with Gasteiger partial charge in [0.15, 0.2) is 0 Å². The molecule has 186 valence electrons. The summed E-state index contributed by atoms with van der Waals surface area (Å²) >= 11 is 0. The number of carbonyl (C=O) groups is 3. The topological polar surface area (TPSA) is 76.2 Å². The van der Waals surface area contributed by atoms with Crippen LogP contribution >= 0.6 is 0 Å². The lowest BCUT2D eigenvalue weighted by Crippen LogP contribution is -2.77. The van der Waals surface area contributed by atoms with Gasteiger partial charge in [0.2, 0.25) is 11.8 Å². The van der Waals surface area contributed by atoms with Crippen LogP contribution in [0.15, 0.2) is 54.6 Å². The Bertz CT molecular complexity index is 1170. The molecule has 1 N–H and O–H groups in total. The number of hydrazine groups is 1. The van der Waals surface area contributed by atoms with Gasteiger partial charge in [0, 0.05) is 13.1 Å². The molecule has 0 aliphatic carbocycles. The Morgan fingerprint density at radius 1 is 1.14 bits per heavy atom. The largest absolute Gasteiger partial charge is 0.334 e. The third-order valence-corrected chi connectivity index (χ3v) is 6.62. The Kier molecular flexibility index (Phi) is 7.65. The second-order valence-electron chi connectivity index (χ2n) is 9.69. The minimum absolute atomic E-state index is 0.0617. The van der Waals surface area contributed by atoms with Gasteiger partial charge in [0.05, 0.1) is 19.6 Å². The Morgan fingerprint density at radius 2 is 1.86 bits per heavy atom. The first-order valence-electron chi connectivity index (χ1n) is 12.2. The standard InChI is InChI=1S/C27H32BN5O3/c1-4-13-31-18-24(34)32-23(33(31)27(36)29-15-20-9-6-5-7-10-20)17-30(26(35)25(32)19(2)3)16-21-11-8-12-22(28)14-21/h1,5-12,14,19,23,25H,13,15-18,28H2,2-3H3,(H,29,36)/t23-,25-/m0/s1. The number of hydrogen-bond donors (Lipinski definition) is 1. The summed E-state index contributed by atoms with van der Waals surface area (Å²) in [6, 6.07) is 16.6. The van der Waals surface area contributed by atoms with Gasteiger partial charge in [-0.15, -0.1) is 6.42 Å². The van der Waals surface area contributed by atoms with Crippen LogP contribution in [-0.4, -0.2) is 77.4 Å². The highest BCUT2D eigenvalue weighted by molar-refractivity contribution is 6.32. The predicted octanol–water partition coefficient (Wildman–Crippen LogP) is 0.542. The number of carbonyl (C=O) groups excluding carboxylic acids is 3. The smallest absolute Gasteiger partial charge is 0.333 e. The Balaban J connectivity index is 1.66. The highest BCUT2D eigenvalue weighted by atomic mass is 16.2. The summed E-state index contributed by atoms with van der Waals surface area (Å²) in [7, 11) is 2.01. The Morgan fingerprint density at radius 3 is 2.53 bits per heavy atom. The molecule has 0 bridgehead atoms. The lowest BCUT2D eigenvalue weighted by molar-refractivity contribution is -0.192. The zero-order valence-corrected chi connectivity index (χ0v) is 21.1. The molecule has 0 spiro atoms. The van der Waals surface area contributed by atoms with Crippen LogP contribution in [0, 0.1) is 18.3 Å². The number of rotatable bonds is 6. The average molecular weight is 485 g/mol. The van der Waals surface area contributed by atoms with Gasteiger partial charge in [0.25, 0.3) is 0 Å². The summed E-state index contributed by atoms with van der Waals surface area (Å²) in [5.74, 6) is 2.13. The van der Waals surface area contributed by atoms with Crippen molar-refractivity contribution >= 4 is 31.2 Å². The van der Waals surface area contributed by atoms with Crippen molar-refractivity contribution in [1.82, 2.24) is 25.1 Å². The maximum absolute atomic E-state index is 13.6. The van der Waals surface area contributed by atoms with Crippen molar-refractivity contribution < 1.29 is 14.4 Å². The van der Waals surface area contributed by atoms with E-state index in [1.54, 1.807) is 14.8 Å². The van der Waals surface area contributed by atoms with E-state index >= 15 is 0 Å². The number of piperazine rings is 1. The van der Waals surface area contributed by atoms with Crippen molar-refractivity contribution in [1.29, 1.82) is 0 Å². The summed E-state index contributed by atoms with van der Waals surface area (Å²) in [4.78, 5) is 43.8. The zero-order valence-electron chi connectivity index (χ0n) is 21.1. The molecule has 0 saturated carbocycles. The summed E-state index contributed by atoms with van der Waals surface area (Å²) < 4.78 is 0.